The van der Waals surface area contributed by atoms with Gasteiger partial charge in [0.15, 0.2) is 11.9 Å². The molecule has 0 radical (unpaired) electrons. The van der Waals surface area contributed by atoms with E-state index in [2.05, 4.69) is 39.5 Å². The van der Waals surface area contributed by atoms with Crippen molar-refractivity contribution >= 4 is 17.3 Å². The molecular weight excluding hydrogens is 462 g/mol. The van der Waals surface area contributed by atoms with Crippen LogP contribution in [0.2, 0.25) is 0 Å². The average molecular weight is 506 g/mol. The standard InChI is InChI=1S/C32H43NO4/c1-18(34)31-14-12-26(2,3)17-19(31)23-20(35)16-22-28(6,29(23,7)13-15-31)11-10-21-27(4,5)24(36)32(33-9)25(37-32)30(21,22)8/h16,19,21,23,25H,10-15,17H2,1-8H3/t19-,21-,23-,25+,28+,29+,30-,31+,32-/m0/s1. The van der Waals surface area contributed by atoms with Crippen LogP contribution >= 0.6 is 0 Å². The zero-order valence-corrected chi connectivity index (χ0v) is 23.9. The summed E-state index contributed by atoms with van der Waals surface area (Å²) in [6.45, 7) is 25.1. The van der Waals surface area contributed by atoms with Crippen LogP contribution in [-0.2, 0) is 19.1 Å². The number of rotatable bonds is 1. The summed E-state index contributed by atoms with van der Waals surface area (Å²) in [6, 6.07) is 0. The van der Waals surface area contributed by atoms with Gasteiger partial charge in [-0.3, -0.25) is 24.0 Å². The molecule has 0 N–H and O–H groups in total. The molecule has 37 heavy (non-hydrogen) atoms. The first kappa shape index (κ1) is 25.5. The van der Waals surface area contributed by atoms with Crippen LogP contribution in [0.1, 0.15) is 100 Å². The van der Waals surface area contributed by atoms with Gasteiger partial charge in [-0.1, -0.05) is 54.0 Å². The highest BCUT2D eigenvalue weighted by Gasteiger charge is 2.87. The smallest absolute Gasteiger partial charge is 0.299 e. The van der Waals surface area contributed by atoms with Crippen LogP contribution in [0.5, 0.6) is 0 Å². The van der Waals surface area contributed by atoms with E-state index in [1.54, 1.807) is 6.92 Å². The molecule has 5 aliphatic carbocycles. The third kappa shape index (κ3) is 2.63. The van der Waals surface area contributed by atoms with Crippen molar-refractivity contribution in [2.24, 2.45) is 50.2 Å². The monoisotopic (exact) mass is 505 g/mol. The SMILES string of the molecule is [C-]#[N+][C@@]12O[C@@H]1[C@]1(C)C3=CC(=O)[C@@H]4[C@@H]5CC(C)(C)CC[C@]5(C(C)=O)CC[C@@]4(C)[C@]3(C)CC[C@H]1C(C)(C)C2=O. The number of epoxide rings is 1. The van der Waals surface area contributed by atoms with Gasteiger partial charge in [0.05, 0.1) is 0 Å². The molecule has 200 valence electrons. The topological polar surface area (TPSA) is 68.1 Å². The second-order valence-electron chi connectivity index (χ2n) is 15.6. The molecule has 0 aromatic carbocycles. The lowest BCUT2D eigenvalue weighted by atomic mass is 9.33. The number of carbonyl (C=O) groups is 3. The minimum Gasteiger partial charge on any atom is -0.299 e. The van der Waals surface area contributed by atoms with Gasteiger partial charge in [0.25, 0.3) is 5.78 Å². The van der Waals surface area contributed by atoms with E-state index in [9.17, 15) is 14.4 Å². The number of ketones is 3. The van der Waals surface area contributed by atoms with Gasteiger partial charge >= 0.3 is 5.72 Å². The van der Waals surface area contributed by atoms with Crippen LogP contribution in [0.15, 0.2) is 11.6 Å². The summed E-state index contributed by atoms with van der Waals surface area (Å²) in [4.78, 5) is 45.0. The minimum atomic E-state index is -1.40. The summed E-state index contributed by atoms with van der Waals surface area (Å²) >= 11 is 0. The number of ether oxygens (including phenoxy) is 1. The Kier molecular flexibility index (Phi) is 4.71. The summed E-state index contributed by atoms with van der Waals surface area (Å²) in [6.07, 6.45) is 7.75. The summed E-state index contributed by atoms with van der Waals surface area (Å²) in [5, 5.41) is 0. The fourth-order valence-corrected chi connectivity index (χ4v) is 11.0. The summed E-state index contributed by atoms with van der Waals surface area (Å²) < 4.78 is 6.09. The van der Waals surface area contributed by atoms with Gasteiger partial charge in [-0.2, -0.15) is 0 Å². The van der Waals surface area contributed by atoms with E-state index in [0.717, 1.165) is 50.5 Å². The highest BCUT2D eigenvalue weighted by molar-refractivity contribution is 6.00. The Labute approximate surface area is 222 Å². The molecule has 5 nitrogen and oxygen atoms in total. The Hall–Kier alpha value is -1.80. The fourth-order valence-electron chi connectivity index (χ4n) is 11.0. The number of Topliss-reactive ketones (excluding diaryl/α,β-unsaturated/α-hetero) is 2. The summed E-state index contributed by atoms with van der Waals surface area (Å²) in [5.41, 5.74) is -2.34. The zero-order valence-electron chi connectivity index (χ0n) is 23.9. The molecule has 0 amide bonds. The molecule has 4 saturated carbocycles. The average Bonchev–Trinajstić information content (AvgIpc) is 3.56. The van der Waals surface area contributed by atoms with Crippen molar-refractivity contribution in [1.82, 2.24) is 0 Å². The normalized spacial score (nSPS) is 52.8. The van der Waals surface area contributed by atoms with Gasteiger partial charge in [-0.05, 0) is 86.0 Å². The second-order valence-corrected chi connectivity index (χ2v) is 15.6. The molecule has 0 aromatic rings. The molecule has 1 aliphatic heterocycles. The second kappa shape index (κ2) is 6.85. The lowest BCUT2D eigenvalue weighted by molar-refractivity contribution is -0.178. The van der Waals surface area contributed by atoms with E-state index in [0.29, 0.717) is 0 Å². The molecule has 0 spiro atoms. The third-order valence-electron chi connectivity index (χ3n) is 13.4. The Morgan fingerprint density at radius 3 is 2.27 bits per heavy atom. The number of fused-ring (bicyclic) bond motifs is 9. The summed E-state index contributed by atoms with van der Waals surface area (Å²) in [7, 11) is 0. The first-order valence-electron chi connectivity index (χ1n) is 14.4. The zero-order chi connectivity index (χ0) is 27.2. The first-order valence-corrected chi connectivity index (χ1v) is 14.4. The number of hydrogen-bond donors (Lipinski definition) is 0. The summed E-state index contributed by atoms with van der Waals surface area (Å²) in [5.74, 6) is 0.237. The van der Waals surface area contributed by atoms with Crippen LogP contribution in [0.3, 0.4) is 0 Å². The van der Waals surface area contributed by atoms with Crippen molar-refractivity contribution < 1.29 is 19.1 Å². The molecule has 1 heterocycles. The van der Waals surface area contributed by atoms with Crippen molar-refractivity contribution in [2.45, 2.75) is 112 Å². The molecule has 0 aromatic heterocycles. The van der Waals surface area contributed by atoms with E-state index in [4.69, 9.17) is 11.3 Å². The van der Waals surface area contributed by atoms with Crippen molar-refractivity contribution in [1.29, 1.82) is 0 Å². The number of allylic oxidation sites excluding steroid dienone is 1. The van der Waals surface area contributed by atoms with E-state index in [1.807, 2.05) is 19.9 Å². The van der Waals surface area contributed by atoms with Crippen LogP contribution in [0.25, 0.3) is 4.85 Å². The van der Waals surface area contributed by atoms with Crippen molar-refractivity contribution in [3.05, 3.63) is 23.1 Å². The predicted molar refractivity (Wildman–Crippen MR) is 140 cm³/mol. The van der Waals surface area contributed by atoms with Gasteiger partial charge in [-0.25, -0.2) is 6.57 Å². The number of carbonyl (C=O) groups excluding carboxylic acids is 3. The van der Waals surface area contributed by atoms with Gasteiger partial charge in [0.1, 0.15) is 5.78 Å². The molecular formula is C32H43NO4. The van der Waals surface area contributed by atoms with E-state index >= 15 is 0 Å². The molecule has 9 atom stereocenters. The van der Waals surface area contributed by atoms with Crippen molar-refractivity contribution in [3.63, 3.8) is 0 Å². The van der Waals surface area contributed by atoms with Crippen LogP contribution in [-0.4, -0.2) is 29.2 Å². The lowest BCUT2D eigenvalue weighted by Crippen LogP contribution is -2.67. The van der Waals surface area contributed by atoms with Crippen LogP contribution in [0.4, 0.5) is 0 Å². The minimum absolute atomic E-state index is 0.0238. The van der Waals surface area contributed by atoms with Gasteiger partial charge in [0, 0.05) is 22.2 Å². The quantitative estimate of drug-likeness (QED) is 0.307. The van der Waals surface area contributed by atoms with Crippen LogP contribution in [0, 0.1) is 56.8 Å². The molecule has 0 bridgehead atoms. The Morgan fingerprint density at radius 2 is 1.65 bits per heavy atom. The Bertz CT molecular complexity index is 1220. The fraction of sp³-hybridized carbons (Fsp3) is 0.812. The van der Waals surface area contributed by atoms with Gasteiger partial charge in [0.2, 0.25) is 0 Å². The number of hydrogen-bond acceptors (Lipinski definition) is 4. The van der Waals surface area contributed by atoms with Gasteiger partial charge in [-0.15, -0.1) is 0 Å². The van der Waals surface area contributed by atoms with Crippen molar-refractivity contribution in [2.75, 3.05) is 0 Å². The predicted octanol–water partition coefficient (Wildman–Crippen LogP) is 6.36. The highest BCUT2D eigenvalue weighted by atomic mass is 16.6. The Balaban J connectivity index is 1.53. The largest absolute Gasteiger partial charge is 0.424 e. The van der Waals surface area contributed by atoms with Crippen LogP contribution < -0.4 is 0 Å². The maximum Gasteiger partial charge on any atom is 0.424 e. The van der Waals surface area contributed by atoms with E-state index in [-0.39, 0.29) is 51.3 Å². The maximum absolute atomic E-state index is 14.4. The van der Waals surface area contributed by atoms with Crippen molar-refractivity contribution in [3.8, 4) is 0 Å². The lowest BCUT2D eigenvalue weighted by Gasteiger charge is -2.69. The maximum atomic E-state index is 14.4. The van der Waals surface area contributed by atoms with Gasteiger partial charge < -0.3 is 0 Å². The number of nitrogens with zero attached hydrogens (tertiary/aromatic N) is 1. The highest BCUT2D eigenvalue weighted by Crippen LogP contribution is 2.77. The molecule has 1 saturated heterocycles. The molecule has 6 rings (SSSR count). The molecule has 5 heteroatoms. The molecule has 0 unspecified atom stereocenters. The van der Waals surface area contributed by atoms with E-state index < -0.39 is 28.1 Å². The molecule has 5 fully saturated rings. The first-order chi connectivity index (χ1) is 17.0. The third-order valence-corrected chi connectivity index (χ3v) is 13.4. The molecule has 6 aliphatic rings. The van der Waals surface area contributed by atoms with E-state index in [1.165, 1.54) is 0 Å². The Morgan fingerprint density at radius 1 is 1.00 bits per heavy atom.